The zero-order valence-electron chi connectivity index (χ0n) is 11.3. The molecular weight excluding hydrogens is 268 g/mol. The maximum atomic E-state index is 10.3. The van der Waals surface area contributed by atoms with E-state index in [1.807, 2.05) is 41.7 Å². The molecule has 20 heavy (non-hydrogen) atoms. The highest BCUT2D eigenvalue weighted by molar-refractivity contribution is 7.17. The predicted molar refractivity (Wildman–Crippen MR) is 80.8 cm³/mol. The number of aliphatic hydroxyl groups is 1. The Balaban J connectivity index is 1.97. The van der Waals surface area contributed by atoms with Gasteiger partial charge < -0.3 is 5.11 Å². The second kappa shape index (κ2) is 5.12. The van der Waals surface area contributed by atoms with E-state index in [-0.39, 0.29) is 0 Å². The number of hydrogen-bond acceptors (Lipinski definition) is 3. The molecule has 3 rings (SSSR count). The number of rotatable bonds is 1. The highest BCUT2D eigenvalue weighted by Gasteiger charge is 2.15. The summed E-state index contributed by atoms with van der Waals surface area (Å²) in [6.07, 6.45) is 0.862. The van der Waals surface area contributed by atoms with Gasteiger partial charge in [-0.05, 0) is 26.0 Å². The molecule has 0 amide bonds. The number of nitrogens with zero attached hydrogens (tertiary/aromatic N) is 2. The van der Waals surface area contributed by atoms with Crippen LogP contribution in [-0.2, 0) is 0 Å². The Morgan fingerprint density at radius 3 is 2.75 bits per heavy atom. The summed E-state index contributed by atoms with van der Waals surface area (Å²) in [5.74, 6) is 5.87. The first-order chi connectivity index (χ1) is 9.66. The minimum Gasteiger partial charge on any atom is -0.374 e. The van der Waals surface area contributed by atoms with Gasteiger partial charge in [0.2, 0.25) is 0 Å². The fourth-order valence-electron chi connectivity index (χ4n) is 2.06. The third-order valence-electron chi connectivity index (χ3n) is 3.25. The largest absolute Gasteiger partial charge is 0.374 e. The fraction of sp³-hybridized carbons (Fsp3) is 0.188. The van der Waals surface area contributed by atoms with Gasteiger partial charge in [-0.3, -0.25) is 4.40 Å². The molecule has 1 aromatic carbocycles. The van der Waals surface area contributed by atoms with Gasteiger partial charge >= 0.3 is 0 Å². The molecule has 1 atom stereocenters. The van der Waals surface area contributed by atoms with Crippen molar-refractivity contribution < 1.29 is 5.11 Å². The first-order valence-corrected chi connectivity index (χ1v) is 7.16. The lowest BCUT2D eigenvalue weighted by Gasteiger charge is -2.03. The maximum absolute atomic E-state index is 10.3. The number of fused-ring (bicyclic) bond motifs is 1. The monoisotopic (exact) mass is 282 g/mol. The molecule has 1 unspecified atom stereocenters. The van der Waals surface area contributed by atoms with Gasteiger partial charge in [-0.1, -0.05) is 30.0 Å². The standard InChI is InChI=1S/C16H14N2OS/c1-11-12(2)20-16-17-10-14(18(11)16)15(19)9-8-13-6-4-3-5-7-13/h3-7,10,15,19H,1-2H3. The van der Waals surface area contributed by atoms with Crippen LogP contribution in [0, 0.1) is 25.7 Å². The summed E-state index contributed by atoms with van der Waals surface area (Å²) in [4.78, 5) is 6.43. The van der Waals surface area contributed by atoms with Gasteiger partial charge in [0.05, 0.1) is 11.9 Å². The van der Waals surface area contributed by atoms with Crippen LogP contribution in [-0.4, -0.2) is 14.5 Å². The van der Waals surface area contributed by atoms with Crippen LogP contribution in [0.3, 0.4) is 0 Å². The number of thiazole rings is 1. The predicted octanol–water partition coefficient (Wildman–Crippen LogP) is 3.10. The van der Waals surface area contributed by atoms with Crippen molar-refractivity contribution in [2.45, 2.75) is 20.0 Å². The smallest absolute Gasteiger partial charge is 0.194 e. The van der Waals surface area contributed by atoms with Crippen LogP contribution in [0.25, 0.3) is 4.96 Å². The van der Waals surface area contributed by atoms with Gasteiger partial charge in [0, 0.05) is 16.1 Å². The van der Waals surface area contributed by atoms with Crippen molar-refractivity contribution in [3.8, 4) is 11.8 Å². The van der Waals surface area contributed by atoms with Crippen LogP contribution in [0.2, 0.25) is 0 Å². The van der Waals surface area contributed by atoms with Gasteiger partial charge in [0.25, 0.3) is 0 Å². The zero-order valence-corrected chi connectivity index (χ0v) is 12.1. The highest BCUT2D eigenvalue weighted by atomic mass is 32.1. The van der Waals surface area contributed by atoms with Crippen LogP contribution < -0.4 is 0 Å². The average Bonchev–Trinajstić information content (AvgIpc) is 2.99. The Bertz CT molecular complexity index is 805. The molecule has 0 aliphatic heterocycles. The topological polar surface area (TPSA) is 37.5 Å². The molecule has 100 valence electrons. The van der Waals surface area contributed by atoms with E-state index in [0.29, 0.717) is 0 Å². The molecule has 4 heteroatoms. The number of aromatic nitrogens is 2. The molecule has 0 aliphatic carbocycles. The number of benzene rings is 1. The summed E-state index contributed by atoms with van der Waals surface area (Å²) >= 11 is 1.62. The van der Waals surface area contributed by atoms with E-state index in [0.717, 1.165) is 21.9 Å². The highest BCUT2D eigenvalue weighted by Crippen LogP contribution is 2.25. The quantitative estimate of drug-likeness (QED) is 0.696. The lowest BCUT2D eigenvalue weighted by molar-refractivity contribution is 0.232. The number of imidazole rings is 1. The molecule has 0 saturated carbocycles. The summed E-state index contributed by atoms with van der Waals surface area (Å²) in [7, 11) is 0. The van der Waals surface area contributed by atoms with Crippen molar-refractivity contribution in [1.82, 2.24) is 9.38 Å². The number of aliphatic hydroxyl groups excluding tert-OH is 1. The Kier molecular flexibility index (Phi) is 3.31. The molecule has 2 heterocycles. The fourth-order valence-corrected chi connectivity index (χ4v) is 3.02. The van der Waals surface area contributed by atoms with Crippen LogP contribution >= 0.6 is 11.3 Å². The molecule has 0 aliphatic rings. The van der Waals surface area contributed by atoms with Crippen molar-refractivity contribution in [2.75, 3.05) is 0 Å². The van der Waals surface area contributed by atoms with E-state index in [4.69, 9.17) is 0 Å². The van der Waals surface area contributed by atoms with Crippen molar-refractivity contribution in [3.05, 3.63) is 58.4 Å². The van der Waals surface area contributed by atoms with E-state index in [1.165, 1.54) is 4.88 Å². The molecule has 0 spiro atoms. The average molecular weight is 282 g/mol. The molecule has 3 aromatic rings. The number of aryl methyl sites for hydroxylation is 2. The Labute approximate surface area is 121 Å². The van der Waals surface area contributed by atoms with Gasteiger partial charge in [0.15, 0.2) is 11.1 Å². The normalized spacial score (nSPS) is 12.2. The lowest BCUT2D eigenvalue weighted by atomic mass is 10.2. The van der Waals surface area contributed by atoms with Crippen LogP contribution in [0.5, 0.6) is 0 Å². The van der Waals surface area contributed by atoms with Crippen molar-refractivity contribution >= 4 is 16.3 Å². The SMILES string of the molecule is Cc1sc2ncc(C(O)C#Cc3ccccc3)n2c1C. The minimum atomic E-state index is -0.835. The van der Waals surface area contributed by atoms with Crippen LogP contribution in [0.15, 0.2) is 36.5 Å². The first-order valence-electron chi connectivity index (χ1n) is 6.35. The van der Waals surface area contributed by atoms with Gasteiger partial charge in [0.1, 0.15) is 0 Å². The molecule has 2 aromatic heterocycles. The lowest BCUT2D eigenvalue weighted by Crippen LogP contribution is -2.00. The Morgan fingerprint density at radius 1 is 1.25 bits per heavy atom. The summed E-state index contributed by atoms with van der Waals surface area (Å²) in [6, 6.07) is 9.65. The summed E-state index contributed by atoms with van der Waals surface area (Å²) in [5, 5.41) is 10.3. The zero-order chi connectivity index (χ0) is 14.1. The molecule has 0 radical (unpaired) electrons. The number of hydrogen-bond donors (Lipinski definition) is 1. The third kappa shape index (κ3) is 2.22. The van der Waals surface area contributed by atoms with E-state index in [1.54, 1.807) is 17.5 Å². The molecule has 0 saturated heterocycles. The second-order valence-electron chi connectivity index (χ2n) is 4.58. The second-order valence-corrected chi connectivity index (χ2v) is 5.76. The van der Waals surface area contributed by atoms with Crippen molar-refractivity contribution in [3.63, 3.8) is 0 Å². The molecule has 3 nitrogen and oxygen atoms in total. The van der Waals surface area contributed by atoms with Crippen molar-refractivity contribution in [1.29, 1.82) is 0 Å². The molecular formula is C16H14N2OS. The van der Waals surface area contributed by atoms with Gasteiger partial charge in [-0.25, -0.2) is 4.98 Å². The third-order valence-corrected chi connectivity index (χ3v) is 4.33. The van der Waals surface area contributed by atoms with E-state index in [2.05, 4.69) is 23.7 Å². The Hall–Kier alpha value is -2.09. The van der Waals surface area contributed by atoms with Gasteiger partial charge in [-0.15, -0.1) is 11.3 Å². The van der Waals surface area contributed by atoms with Gasteiger partial charge in [-0.2, -0.15) is 0 Å². The summed E-state index contributed by atoms with van der Waals surface area (Å²) in [6.45, 7) is 4.09. The molecule has 0 bridgehead atoms. The van der Waals surface area contributed by atoms with Crippen LogP contribution in [0.1, 0.15) is 27.9 Å². The summed E-state index contributed by atoms with van der Waals surface area (Å²) in [5.41, 5.74) is 2.73. The van der Waals surface area contributed by atoms with Crippen LogP contribution in [0.4, 0.5) is 0 Å². The molecule has 1 N–H and O–H groups in total. The first kappa shape index (κ1) is 12.9. The van der Waals surface area contributed by atoms with E-state index in [9.17, 15) is 5.11 Å². The van der Waals surface area contributed by atoms with Crippen molar-refractivity contribution in [2.24, 2.45) is 0 Å². The Morgan fingerprint density at radius 2 is 2.00 bits per heavy atom. The minimum absolute atomic E-state index is 0.727. The molecule has 0 fully saturated rings. The summed E-state index contributed by atoms with van der Waals surface area (Å²) < 4.78 is 1.98. The van der Waals surface area contributed by atoms with E-state index < -0.39 is 6.10 Å². The van der Waals surface area contributed by atoms with E-state index >= 15 is 0 Å². The maximum Gasteiger partial charge on any atom is 0.194 e.